The van der Waals surface area contributed by atoms with Gasteiger partial charge in [0.1, 0.15) is 0 Å². The molecule has 7 nitrogen and oxygen atoms in total. The molecular weight excluding hydrogens is 400 g/mol. The molecule has 0 saturated heterocycles. The Morgan fingerprint density at radius 3 is 1.61 bits per heavy atom. The molecule has 2 aromatic carbocycles. The van der Waals surface area contributed by atoms with Gasteiger partial charge in [-0.2, -0.15) is 8.65 Å². The molecule has 0 fully saturated rings. The molecule has 146 valence electrons. The summed E-state index contributed by atoms with van der Waals surface area (Å²) in [6.45, 7) is -0.265. The van der Waals surface area contributed by atoms with E-state index in [9.17, 15) is 14.0 Å². The number of hydrogen-bond acceptors (Lipinski definition) is 6. The Morgan fingerprint density at radius 1 is 0.714 bits per heavy atom. The van der Waals surface area contributed by atoms with Crippen LogP contribution in [0.5, 0.6) is 0 Å². The number of aromatic nitrogens is 1. The van der Waals surface area contributed by atoms with Crippen molar-refractivity contribution in [3.63, 3.8) is 0 Å². The van der Waals surface area contributed by atoms with E-state index in [2.05, 4.69) is 0 Å². The Balaban J connectivity index is 1.78. The average molecular weight is 419 g/mol. The van der Waals surface area contributed by atoms with Crippen LogP contribution in [0.4, 0.5) is 0 Å². The minimum absolute atomic E-state index is 0.133. The Morgan fingerprint density at radius 2 is 1.14 bits per heavy atom. The SMILES string of the molecule is O=P(OCc1ccccc1)(OCc1ccccc1)OP(=O)([O-])[n+]1ccccc1. The molecule has 1 atom stereocenters. The number of hydrogen-bond donors (Lipinski definition) is 0. The van der Waals surface area contributed by atoms with E-state index in [1.165, 1.54) is 24.5 Å². The molecule has 0 aliphatic heterocycles. The zero-order valence-electron chi connectivity index (χ0n) is 14.9. The number of phosphoric ester groups is 1. The second-order valence-electron chi connectivity index (χ2n) is 5.77. The highest BCUT2D eigenvalue weighted by Crippen LogP contribution is 2.60. The summed E-state index contributed by atoms with van der Waals surface area (Å²) >= 11 is 0. The van der Waals surface area contributed by atoms with Crippen LogP contribution in [-0.2, 0) is 35.7 Å². The van der Waals surface area contributed by atoms with Crippen LogP contribution in [0.15, 0.2) is 91.3 Å². The molecule has 28 heavy (non-hydrogen) atoms. The summed E-state index contributed by atoms with van der Waals surface area (Å²) in [5.74, 6) is 0. The molecule has 0 bridgehead atoms. The summed E-state index contributed by atoms with van der Waals surface area (Å²) in [5.41, 5.74) is 1.39. The third kappa shape index (κ3) is 5.94. The summed E-state index contributed by atoms with van der Waals surface area (Å²) < 4.78 is 42.0. The molecule has 1 unspecified atom stereocenters. The van der Waals surface area contributed by atoms with Gasteiger partial charge >= 0.3 is 15.6 Å². The van der Waals surface area contributed by atoms with Crippen LogP contribution in [-0.4, -0.2) is 0 Å². The molecule has 0 spiro atoms. The third-order valence-corrected chi connectivity index (χ3v) is 7.00. The van der Waals surface area contributed by atoms with Crippen LogP contribution >= 0.6 is 15.6 Å². The predicted molar refractivity (Wildman–Crippen MR) is 101 cm³/mol. The van der Waals surface area contributed by atoms with Crippen LogP contribution in [0.3, 0.4) is 0 Å². The largest absolute Gasteiger partial charge is 0.721 e. The predicted octanol–water partition coefficient (Wildman–Crippen LogP) is 3.85. The fourth-order valence-corrected chi connectivity index (χ4v) is 5.16. The van der Waals surface area contributed by atoms with E-state index in [0.29, 0.717) is 11.1 Å². The van der Waals surface area contributed by atoms with Crippen LogP contribution in [0.2, 0.25) is 0 Å². The highest BCUT2D eigenvalue weighted by Gasteiger charge is 2.37. The molecule has 0 aliphatic rings. The molecule has 3 rings (SSSR count). The highest BCUT2D eigenvalue weighted by molar-refractivity contribution is 7.60. The Labute approximate surface area is 163 Å². The second kappa shape index (κ2) is 9.39. The summed E-state index contributed by atoms with van der Waals surface area (Å²) in [4.78, 5) is 12.5. The van der Waals surface area contributed by atoms with Gasteiger partial charge in [-0.25, -0.2) is 9.13 Å². The van der Waals surface area contributed by atoms with Gasteiger partial charge < -0.3 is 4.89 Å². The Kier molecular flexibility index (Phi) is 6.92. The van der Waals surface area contributed by atoms with E-state index < -0.39 is 15.6 Å². The molecule has 1 aromatic heterocycles. The van der Waals surface area contributed by atoms with Crippen LogP contribution in [0, 0.1) is 0 Å². The normalized spacial score (nSPS) is 13.8. The zero-order valence-corrected chi connectivity index (χ0v) is 16.7. The molecular formula is C19H19NO6P2. The van der Waals surface area contributed by atoms with Crippen molar-refractivity contribution in [3.8, 4) is 0 Å². The maximum Gasteiger partial charge on any atom is 0.484 e. The fraction of sp³-hybridized carbons (Fsp3) is 0.105. The molecule has 0 N–H and O–H groups in total. The molecule has 0 radical (unpaired) electrons. The maximum absolute atomic E-state index is 13.1. The fourth-order valence-electron chi connectivity index (χ4n) is 2.26. The summed E-state index contributed by atoms with van der Waals surface area (Å²) in [7, 11) is -9.19. The second-order valence-corrected chi connectivity index (χ2v) is 9.23. The van der Waals surface area contributed by atoms with Gasteiger partial charge in [0.05, 0.1) is 13.2 Å². The van der Waals surface area contributed by atoms with Gasteiger partial charge in [0, 0.05) is 12.1 Å². The van der Waals surface area contributed by atoms with Crippen molar-refractivity contribution in [1.29, 1.82) is 0 Å². The van der Waals surface area contributed by atoms with Gasteiger partial charge in [0.25, 0.3) is 0 Å². The third-order valence-electron chi connectivity index (χ3n) is 3.65. The topological polar surface area (TPSA) is 88.8 Å². The molecule has 9 heteroatoms. The van der Waals surface area contributed by atoms with Gasteiger partial charge in [-0.05, 0) is 11.1 Å². The van der Waals surface area contributed by atoms with E-state index in [0.717, 1.165) is 4.34 Å². The average Bonchev–Trinajstić information content (AvgIpc) is 2.73. The first-order valence-corrected chi connectivity index (χ1v) is 11.4. The lowest BCUT2D eigenvalue weighted by atomic mass is 10.2. The van der Waals surface area contributed by atoms with Gasteiger partial charge in [-0.1, -0.05) is 66.7 Å². The van der Waals surface area contributed by atoms with Crippen LogP contribution < -0.4 is 9.23 Å². The Bertz CT molecular complexity index is 922. The summed E-state index contributed by atoms with van der Waals surface area (Å²) in [6, 6.07) is 22.5. The summed E-state index contributed by atoms with van der Waals surface area (Å²) in [6.07, 6.45) is 2.54. The minimum Gasteiger partial charge on any atom is -0.721 e. The van der Waals surface area contributed by atoms with Gasteiger partial charge in [-0.3, -0.25) is 9.05 Å². The van der Waals surface area contributed by atoms with E-state index in [1.54, 1.807) is 54.6 Å². The standard InChI is InChI=1S/C19H19NO6P2/c21-27(22,20-14-8-3-9-15-20)26-28(23,24-16-18-10-4-1-5-11-18)25-17-19-12-6-2-7-13-19/h1-15H,16-17H2. The highest BCUT2D eigenvalue weighted by atomic mass is 31.3. The summed E-state index contributed by atoms with van der Waals surface area (Å²) in [5, 5.41) is 0. The van der Waals surface area contributed by atoms with Crippen molar-refractivity contribution >= 4 is 15.6 Å². The zero-order chi connectivity index (χ0) is 19.9. The van der Waals surface area contributed by atoms with Crippen molar-refractivity contribution < 1.29 is 31.7 Å². The number of rotatable bonds is 9. The molecule has 0 saturated carbocycles. The first kappa shape index (κ1) is 20.6. The lowest BCUT2D eigenvalue weighted by molar-refractivity contribution is -0.570. The molecule has 0 aliphatic carbocycles. The molecule has 1 heterocycles. The first-order valence-electron chi connectivity index (χ1n) is 8.43. The minimum atomic E-state index is -4.76. The van der Waals surface area contributed by atoms with Crippen molar-refractivity contribution in [1.82, 2.24) is 0 Å². The quantitative estimate of drug-likeness (QED) is 0.490. The van der Waals surface area contributed by atoms with E-state index in [-0.39, 0.29) is 13.2 Å². The van der Waals surface area contributed by atoms with Crippen LogP contribution in [0.25, 0.3) is 0 Å². The number of phosphoric acid groups is 1. The van der Waals surface area contributed by atoms with Crippen molar-refractivity contribution in [3.05, 3.63) is 102 Å². The van der Waals surface area contributed by atoms with Crippen LogP contribution in [0.1, 0.15) is 11.1 Å². The number of nitrogens with zero attached hydrogens (tertiary/aromatic N) is 1. The van der Waals surface area contributed by atoms with Crippen molar-refractivity contribution in [2.75, 3.05) is 0 Å². The number of benzene rings is 2. The smallest absolute Gasteiger partial charge is 0.484 e. The molecule has 3 aromatic rings. The van der Waals surface area contributed by atoms with E-state index >= 15 is 0 Å². The van der Waals surface area contributed by atoms with Gasteiger partial charge in [-0.15, -0.1) is 0 Å². The van der Waals surface area contributed by atoms with Crippen molar-refractivity contribution in [2.45, 2.75) is 13.2 Å². The van der Waals surface area contributed by atoms with Gasteiger partial charge in [0.2, 0.25) is 0 Å². The van der Waals surface area contributed by atoms with Crippen molar-refractivity contribution in [2.24, 2.45) is 0 Å². The van der Waals surface area contributed by atoms with E-state index in [1.807, 2.05) is 12.1 Å². The maximum atomic E-state index is 13.1. The lowest BCUT2D eigenvalue weighted by Crippen LogP contribution is -2.36. The Hall–Kier alpha value is -2.11. The van der Waals surface area contributed by atoms with E-state index in [4.69, 9.17) is 13.4 Å². The lowest BCUT2D eigenvalue weighted by Gasteiger charge is -2.22. The number of pyridine rings is 1. The monoisotopic (exact) mass is 419 g/mol. The van der Waals surface area contributed by atoms with Gasteiger partial charge in [0.15, 0.2) is 12.4 Å². The molecule has 0 amide bonds. The first-order chi connectivity index (χ1) is 13.5.